The third-order valence-electron chi connectivity index (χ3n) is 3.27. The standard InChI is InChI=1S/C13H14N4OS/c1-8-5-6-19-11(8)7-14-17-13(18)12-9-3-2-4-10(9)15-16-12/h5-7H,2-4H2,1H3,(H,15,16)(H,17,18). The zero-order valence-corrected chi connectivity index (χ0v) is 11.4. The number of aromatic nitrogens is 2. The molecular formula is C13H14N4OS. The van der Waals surface area contributed by atoms with Crippen molar-refractivity contribution in [1.29, 1.82) is 0 Å². The number of hydrogen-bond donors (Lipinski definition) is 2. The molecule has 0 aromatic carbocycles. The lowest BCUT2D eigenvalue weighted by atomic mass is 10.2. The van der Waals surface area contributed by atoms with Crippen LogP contribution in [0.2, 0.25) is 0 Å². The molecule has 2 aromatic heterocycles. The topological polar surface area (TPSA) is 70.1 Å². The van der Waals surface area contributed by atoms with E-state index in [0.29, 0.717) is 5.69 Å². The molecule has 5 nitrogen and oxygen atoms in total. The van der Waals surface area contributed by atoms with Crippen LogP contribution < -0.4 is 5.43 Å². The van der Waals surface area contributed by atoms with Gasteiger partial charge in [0.15, 0.2) is 5.69 Å². The molecule has 6 heteroatoms. The molecule has 0 bridgehead atoms. The predicted octanol–water partition coefficient (Wildman–Crippen LogP) is 2.03. The molecule has 0 atom stereocenters. The lowest BCUT2D eigenvalue weighted by molar-refractivity contribution is 0.0949. The van der Waals surface area contributed by atoms with E-state index in [1.54, 1.807) is 17.6 Å². The van der Waals surface area contributed by atoms with Gasteiger partial charge in [0.05, 0.1) is 6.21 Å². The number of nitrogens with one attached hydrogen (secondary N) is 2. The molecule has 98 valence electrons. The largest absolute Gasteiger partial charge is 0.292 e. The third kappa shape index (κ3) is 2.31. The molecule has 0 fully saturated rings. The first kappa shape index (κ1) is 12.1. The van der Waals surface area contributed by atoms with Crippen molar-refractivity contribution in [2.45, 2.75) is 26.2 Å². The fraction of sp³-hybridized carbons (Fsp3) is 0.308. The van der Waals surface area contributed by atoms with Crippen LogP contribution in [0.5, 0.6) is 0 Å². The van der Waals surface area contributed by atoms with Gasteiger partial charge in [0.25, 0.3) is 5.91 Å². The van der Waals surface area contributed by atoms with Crippen molar-refractivity contribution < 1.29 is 4.79 Å². The number of thiophene rings is 1. The SMILES string of the molecule is Cc1ccsc1C=NNC(=O)c1n[nH]c2c1CCC2. The molecule has 2 heterocycles. The van der Waals surface area contributed by atoms with E-state index in [-0.39, 0.29) is 5.91 Å². The molecule has 0 unspecified atom stereocenters. The van der Waals surface area contributed by atoms with Crippen LogP contribution in [0.15, 0.2) is 16.5 Å². The highest BCUT2D eigenvalue weighted by Gasteiger charge is 2.22. The Hall–Kier alpha value is -1.95. The number of amides is 1. The highest BCUT2D eigenvalue weighted by molar-refractivity contribution is 7.11. The van der Waals surface area contributed by atoms with Crippen LogP contribution in [0.1, 0.15) is 38.6 Å². The van der Waals surface area contributed by atoms with E-state index >= 15 is 0 Å². The average molecular weight is 274 g/mol. The highest BCUT2D eigenvalue weighted by atomic mass is 32.1. The van der Waals surface area contributed by atoms with Gasteiger partial charge in [0, 0.05) is 16.1 Å². The second kappa shape index (κ2) is 4.97. The highest BCUT2D eigenvalue weighted by Crippen LogP contribution is 2.22. The Kier molecular flexibility index (Phi) is 3.16. The molecular weight excluding hydrogens is 260 g/mol. The summed E-state index contributed by atoms with van der Waals surface area (Å²) in [7, 11) is 0. The molecule has 0 aliphatic heterocycles. The van der Waals surface area contributed by atoms with Crippen LogP contribution in [-0.4, -0.2) is 22.3 Å². The van der Waals surface area contributed by atoms with Gasteiger partial charge in [-0.3, -0.25) is 9.89 Å². The molecule has 1 amide bonds. The summed E-state index contributed by atoms with van der Waals surface area (Å²) in [6.45, 7) is 2.01. The second-order valence-electron chi connectivity index (χ2n) is 4.55. The summed E-state index contributed by atoms with van der Waals surface area (Å²) >= 11 is 1.60. The molecule has 2 aromatic rings. The van der Waals surface area contributed by atoms with Crippen LogP contribution in [0.3, 0.4) is 0 Å². The van der Waals surface area contributed by atoms with Gasteiger partial charge in [-0.05, 0) is 43.2 Å². The molecule has 3 rings (SSSR count). The maximum Gasteiger partial charge on any atom is 0.292 e. The van der Waals surface area contributed by atoms with E-state index < -0.39 is 0 Å². The normalized spacial score (nSPS) is 13.9. The van der Waals surface area contributed by atoms with Gasteiger partial charge in [-0.2, -0.15) is 10.2 Å². The van der Waals surface area contributed by atoms with Crippen LogP contribution in [-0.2, 0) is 12.8 Å². The van der Waals surface area contributed by atoms with Crippen molar-refractivity contribution in [1.82, 2.24) is 15.6 Å². The van der Waals surface area contributed by atoms with E-state index in [9.17, 15) is 4.79 Å². The smallest absolute Gasteiger partial charge is 0.281 e. The number of aromatic amines is 1. The summed E-state index contributed by atoms with van der Waals surface area (Å²) in [4.78, 5) is 13.0. The second-order valence-corrected chi connectivity index (χ2v) is 5.50. The number of hydrazone groups is 1. The van der Waals surface area contributed by atoms with E-state index in [0.717, 1.165) is 41.0 Å². The van der Waals surface area contributed by atoms with Crippen molar-refractivity contribution >= 4 is 23.5 Å². The maximum atomic E-state index is 12.0. The fourth-order valence-corrected chi connectivity index (χ4v) is 3.01. The molecule has 0 saturated heterocycles. The number of carbonyl (C=O) groups is 1. The lowest BCUT2D eigenvalue weighted by Gasteiger charge is -1.97. The quantitative estimate of drug-likeness (QED) is 0.664. The summed E-state index contributed by atoms with van der Waals surface area (Å²) in [6.07, 6.45) is 4.65. The minimum Gasteiger partial charge on any atom is -0.281 e. The van der Waals surface area contributed by atoms with Crippen LogP contribution in [0, 0.1) is 6.92 Å². The van der Waals surface area contributed by atoms with Crippen LogP contribution >= 0.6 is 11.3 Å². The first-order valence-corrected chi connectivity index (χ1v) is 7.07. The number of fused-ring (bicyclic) bond motifs is 1. The average Bonchev–Trinajstić information content (AvgIpc) is 3.05. The molecule has 1 aliphatic rings. The number of aryl methyl sites for hydroxylation is 2. The molecule has 0 saturated carbocycles. The number of nitrogens with zero attached hydrogens (tertiary/aromatic N) is 2. The van der Waals surface area contributed by atoms with Gasteiger partial charge >= 0.3 is 0 Å². The summed E-state index contributed by atoms with van der Waals surface area (Å²) in [6, 6.07) is 2.02. The molecule has 0 spiro atoms. The summed E-state index contributed by atoms with van der Waals surface area (Å²) in [5, 5.41) is 13.0. The van der Waals surface area contributed by atoms with E-state index in [4.69, 9.17) is 0 Å². The van der Waals surface area contributed by atoms with Crippen molar-refractivity contribution in [2.75, 3.05) is 0 Å². The minimum absolute atomic E-state index is 0.246. The minimum atomic E-state index is -0.246. The Morgan fingerprint density at radius 2 is 2.47 bits per heavy atom. The Bertz CT molecular complexity index is 641. The number of rotatable bonds is 3. The van der Waals surface area contributed by atoms with Gasteiger partial charge in [0.2, 0.25) is 0 Å². The fourth-order valence-electron chi connectivity index (χ4n) is 2.23. The zero-order valence-electron chi connectivity index (χ0n) is 10.6. The summed E-state index contributed by atoms with van der Waals surface area (Å²) < 4.78 is 0. The van der Waals surface area contributed by atoms with Crippen molar-refractivity contribution in [3.63, 3.8) is 0 Å². The van der Waals surface area contributed by atoms with E-state index in [1.165, 1.54) is 0 Å². The number of hydrogen-bond acceptors (Lipinski definition) is 4. The first-order chi connectivity index (χ1) is 9.25. The van der Waals surface area contributed by atoms with Gasteiger partial charge < -0.3 is 0 Å². The predicted molar refractivity (Wildman–Crippen MR) is 74.7 cm³/mol. The van der Waals surface area contributed by atoms with Crippen molar-refractivity contribution in [3.05, 3.63) is 38.8 Å². The first-order valence-electron chi connectivity index (χ1n) is 6.19. The Morgan fingerprint density at radius 3 is 3.26 bits per heavy atom. The Morgan fingerprint density at radius 1 is 1.58 bits per heavy atom. The number of carbonyl (C=O) groups excluding carboxylic acids is 1. The molecule has 1 aliphatic carbocycles. The van der Waals surface area contributed by atoms with Gasteiger partial charge in [-0.1, -0.05) is 0 Å². The molecule has 0 radical (unpaired) electrons. The zero-order chi connectivity index (χ0) is 13.2. The van der Waals surface area contributed by atoms with Crippen LogP contribution in [0.25, 0.3) is 0 Å². The third-order valence-corrected chi connectivity index (χ3v) is 4.22. The van der Waals surface area contributed by atoms with Crippen molar-refractivity contribution in [3.8, 4) is 0 Å². The maximum absolute atomic E-state index is 12.0. The lowest BCUT2D eigenvalue weighted by Crippen LogP contribution is -2.19. The van der Waals surface area contributed by atoms with Gasteiger partial charge in [0.1, 0.15) is 0 Å². The summed E-state index contributed by atoms with van der Waals surface area (Å²) in [5.74, 6) is -0.246. The summed E-state index contributed by atoms with van der Waals surface area (Å²) in [5.41, 5.74) is 6.30. The van der Waals surface area contributed by atoms with Gasteiger partial charge in [-0.15, -0.1) is 11.3 Å². The Balaban J connectivity index is 1.69. The molecule has 2 N–H and O–H groups in total. The monoisotopic (exact) mass is 274 g/mol. The molecule has 19 heavy (non-hydrogen) atoms. The van der Waals surface area contributed by atoms with Crippen LogP contribution in [0.4, 0.5) is 0 Å². The van der Waals surface area contributed by atoms with Crippen molar-refractivity contribution in [2.24, 2.45) is 5.10 Å². The van der Waals surface area contributed by atoms with E-state index in [1.807, 2.05) is 18.4 Å². The number of H-pyrrole nitrogens is 1. The van der Waals surface area contributed by atoms with E-state index in [2.05, 4.69) is 20.7 Å². The van der Waals surface area contributed by atoms with Gasteiger partial charge in [-0.25, -0.2) is 5.43 Å². The Labute approximate surface area is 114 Å².